The zero-order chi connectivity index (χ0) is 17.9. The average molecular weight is 380 g/mol. The van der Waals surface area contributed by atoms with Crippen LogP contribution in [0.5, 0.6) is 0 Å². The molecule has 2 aromatic rings. The van der Waals surface area contributed by atoms with Crippen molar-refractivity contribution in [2.45, 2.75) is 37.0 Å². The Bertz CT molecular complexity index is 834. The van der Waals surface area contributed by atoms with Gasteiger partial charge in [0.1, 0.15) is 10.0 Å². The molecule has 0 aliphatic carbocycles. The van der Waals surface area contributed by atoms with E-state index in [9.17, 15) is 13.2 Å². The third kappa shape index (κ3) is 4.43. The van der Waals surface area contributed by atoms with E-state index < -0.39 is 9.84 Å². The van der Waals surface area contributed by atoms with E-state index in [1.165, 1.54) is 0 Å². The second-order valence-electron chi connectivity index (χ2n) is 6.22. The first-order valence-electron chi connectivity index (χ1n) is 8.31. The second kappa shape index (κ2) is 7.61. The highest BCUT2D eigenvalue weighted by molar-refractivity contribution is 7.91. The van der Waals surface area contributed by atoms with Crippen molar-refractivity contribution in [3.8, 4) is 0 Å². The van der Waals surface area contributed by atoms with Crippen LogP contribution < -0.4 is 0 Å². The predicted octanol–water partition coefficient (Wildman–Crippen LogP) is 2.42. The molecule has 134 valence electrons. The van der Waals surface area contributed by atoms with Crippen molar-refractivity contribution in [1.82, 2.24) is 15.1 Å². The maximum absolute atomic E-state index is 12.5. The number of carbonyl (C=O) groups excluding carboxylic acids is 1. The van der Waals surface area contributed by atoms with E-state index in [0.717, 1.165) is 22.9 Å². The normalized spacial score (nSPS) is 18.3. The van der Waals surface area contributed by atoms with Crippen LogP contribution in [-0.4, -0.2) is 48.3 Å². The standard InChI is InChI=1S/C17H21N3O3S2/c1-13-18-19-17(24-13)14-6-5-10-20(12-14)16(21)9-11-25(22,23)15-7-3-2-4-8-15/h2-4,7-8,14H,5-6,9-12H2,1H3/t14-/m0/s1. The zero-order valence-electron chi connectivity index (χ0n) is 14.1. The molecule has 3 rings (SSSR count). The van der Waals surface area contributed by atoms with Gasteiger partial charge in [-0.2, -0.15) is 0 Å². The van der Waals surface area contributed by atoms with E-state index in [0.29, 0.717) is 13.1 Å². The van der Waals surface area contributed by atoms with Crippen LogP contribution in [0.2, 0.25) is 0 Å². The van der Waals surface area contributed by atoms with Crippen molar-refractivity contribution >= 4 is 27.1 Å². The minimum absolute atomic E-state index is 0.0130. The number of sulfone groups is 1. The first-order valence-corrected chi connectivity index (χ1v) is 10.8. The Hall–Kier alpha value is -1.80. The van der Waals surface area contributed by atoms with Crippen LogP contribution in [-0.2, 0) is 14.6 Å². The molecule has 1 atom stereocenters. The van der Waals surface area contributed by atoms with Gasteiger partial charge in [0.2, 0.25) is 5.91 Å². The summed E-state index contributed by atoms with van der Waals surface area (Å²) in [6, 6.07) is 8.28. The van der Waals surface area contributed by atoms with Crippen LogP contribution in [0.3, 0.4) is 0 Å². The summed E-state index contributed by atoms with van der Waals surface area (Å²) in [7, 11) is -3.42. The van der Waals surface area contributed by atoms with E-state index in [4.69, 9.17) is 0 Å². The molecule has 0 unspecified atom stereocenters. The first kappa shape index (κ1) is 18.0. The van der Waals surface area contributed by atoms with E-state index >= 15 is 0 Å². The second-order valence-corrected chi connectivity index (χ2v) is 9.54. The Balaban J connectivity index is 1.59. The van der Waals surface area contributed by atoms with Crippen molar-refractivity contribution < 1.29 is 13.2 Å². The maximum Gasteiger partial charge on any atom is 0.223 e. The summed E-state index contributed by atoms with van der Waals surface area (Å²) < 4.78 is 24.6. The molecule has 1 aromatic carbocycles. The van der Waals surface area contributed by atoms with Gasteiger partial charge in [-0.05, 0) is 31.9 Å². The lowest BCUT2D eigenvalue weighted by atomic mass is 9.98. The van der Waals surface area contributed by atoms with Gasteiger partial charge < -0.3 is 4.90 Å². The Kier molecular flexibility index (Phi) is 5.48. The zero-order valence-corrected chi connectivity index (χ0v) is 15.7. The minimum atomic E-state index is -3.42. The molecule has 25 heavy (non-hydrogen) atoms. The van der Waals surface area contributed by atoms with Gasteiger partial charge >= 0.3 is 0 Å². The summed E-state index contributed by atoms with van der Waals surface area (Å²) in [6.45, 7) is 3.19. The summed E-state index contributed by atoms with van der Waals surface area (Å²) in [5.41, 5.74) is 0. The summed E-state index contributed by atoms with van der Waals surface area (Å²) >= 11 is 1.57. The number of benzene rings is 1. The molecule has 0 radical (unpaired) electrons. The number of aromatic nitrogens is 2. The van der Waals surface area contributed by atoms with E-state index in [1.807, 2.05) is 6.92 Å². The summed E-state index contributed by atoms with van der Waals surface area (Å²) in [5, 5.41) is 10.1. The fraction of sp³-hybridized carbons (Fsp3) is 0.471. The fourth-order valence-corrected chi connectivity index (χ4v) is 5.08. The van der Waals surface area contributed by atoms with Crippen LogP contribution in [0.4, 0.5) is 0 Å². The first-order chi connectivity index (χ1) is 12.0. The maximum atomic E-state index is 12.5. The molecule has 6 nitrogen and oxygen atoms in total. The molecule has 1 aromatic heterocycles. The molecule has 8 heteroatoms. The number of rotatable bonds is 5. The number of hydrogen-bond acceptors (Lipinski definition) is 6. The van der Waals surface area contributed by atoms with Gasteiger partial charge in [0, 0.05) is 25.4 Å². The SMILES string of the molecule is Cc1nnc([C@H]2CCCN(C(=O)CCS(=O)(=O)c3ccccc3)C2)s1. The van der Waals surface area contributed by atoms with Crippen LogP contribution in [0.15, 0.2) is 35.2 Å². The summed E-state index contributed by atoms with van der Waals surface area (Å²) in [6.07, 6.45) is 1.90. The average Bonchev–Trinajstić information content (AvgIpc) is 3.07. The van der Waals surface area contributed by atoms with Crippen molar-refractivity contribution in [3.63, 3.8) is 0 Å². The number of aryl methyl sites for hydroxylation is 1. The lowest BCUT2D eigenvalue weighted by molar-refractivity contribution is -0.132. The number of amides is 1. The van der Waals surface area contributed by atoms with Gasteiger partial charge in [0.15, 0.2) is 9.84 Å². The highest BCUT2D eigenvalue weighted by Gasteiger charge is 2.27. The van der Waals surface area contributed by atoms with Crippen LogP contribution in [0, 0.1) is 6.92 Å². The molecule has 1 fully saturated rings. The predicted molar refractivity (Wildman–Crippen MR) is 96.3 cm³/mol. The number of likely N-dealkylation sites (tertiary alicyclic amines) is 1. The van der Waals surface area contributed by atoms with E-state index in [-0.39, 0.29) is 28.9 Å². The third-order valence-electron chi connectivity index (χ3n) is 4.35. The molecule has 1 aliphatic rings. The molecular formula is C17H21N3O3S2. The van der Waals surface area contributed by atoms with Crippen LogP contribution >= 0.6 is 11.3 Å². The van der Waals surface area contributed by atoms with Gasteiger partial charge in [0.05, 0.1) is 10.6 Å². The summed E-state index contributed by atoms with van der Waals surface area (Å²) in [5.74, 6) is -0.0605. The lowest BCUT2D eigenvalue weighted by Gasteiger charge is -2.31. The Morgan fingerprint density at radius 1 is 1.28 bits per heavy atom. The lowest BCUT2D eigenvalue weighted by Crippen LogP contribution is -2.39. The van der Waals surface area contributed by atoms with Gasteiger partial charge in [-0.25, -0.2) is 8.42 Å². The molecule has 1 aliphatic heterocycles. The van der Waals surface area contributed by atoms with Crippen LogP contribution in [0.25, 0.3) is 0 Å². The smallest absolute Gasteiger partial charge is 0.223 e. The van der Waals surface area contributed by atoms with Crippen molar-refractivity contribution in [3.05, 3.63) is 40.3 Å². The molecule has 1 amide bonds. The molecule has 0 N–H and O–H groups in total. The number of nitrogens with zero attached hydrogens (tertiary/aromatic N) is 3. The van der Waals surface area contributed by atoms with Gasteiger partial charge in [-0.3, -0.25) is 4.79 Å². The molecule has 0 spiro atoms. The topological polar surface area (TPSA) is 80.2 Å². The quantitative estimate of drug-likeness (QED) is 0.797. The highest BCUT2D eigenvalue weighted by atomic mass is 32.2. The summed E-state index contributed by atoms with van der Waals surface area (Å²) in [4.78, 5) is 14.5. The number of piperidine rings is 1. The van der Waals surface area contributed by atoms with Crippen LogP contribution in [0.1, 0.15) is 35.2 Å². The largest absolute Gasteiger partial charge is 0.342 e. The number of hydrogen-bond donors (Lipinski definition) is 0. The van der Waals surface area contributed by atoms with Gasteiger partial charge in [-0.15, -0.1) is 21.5 Å². The van der Waals surface area contributed by atoms with E-state index in [2.05, 4.69) is 10.2 Å². The highest BCUT2D eigenvalue weighted by Crippen LogP contribution is 2.29. The minimum Gasteiger partial charge on any atom is -0.342 e. The van der Waals surface area contributed by atoms with Gasteiger partial charge in [-0.1, -0.05) is 18.2 Å². The Labute approximate surface area is 151 Å². The molecular weight excluding hydrogens is 358 g/mol. The molecule has 1 saturated heterocycles. The van der Waals surface area contributed by atoms with Crippen molar-refractivity contribution in [1.29, 1.82) is 0 Å². The molecule has 0 bridgehead atoms. The monoisotopic (exact) mass is 379 g/mol. The van der Waals surface area contributed by atoms with Crippen molar-refractivity contribution in [2.24, 2.45) is 0 Å². The number of carbonyl (C=O) groups is 1. The Morgan fingerprint density at radius 2 is 2.04 bits per heavy atom. The Morgan fingerprint density at radius 3 is 2.72 bits per heavy atom. The third-order valence-corrected chi connectivity index (χ3v) is 7.09. The van der Waals surface area contributed by atoms with E-state index in [1.54, 1.807) is 46.6 Å². The fourth-order valence-electron chi connectivity index (χ4n) is 3.01. The van der Waals surface area contributed by atoms with Gasteiger partial charge in [0.25, 0.3) is 0 Å². The molecule has 2 heterocycles. The van der Waals surface area contributed by atoms with Crippen molar-refractivity contribution in [2.75, 3.05) is 18.8 Å². The molecule has 0 saturated carbocycles.